The van der Waals surface area contributed by atoms with Crippen LogP contribution in [0.5, 0.6) is 5.75 Å². The fraction of sp³-hybridized carbons (Fsp3) is 0.417. The highest BCUT2D eigenvalue weighted by molar-refractivity contribution is 7.98. The van der Waals surface area contributed by atoms with E-state index in [1.54, 1.807) is 67.0 Å². The van der Waals surface area contributed by atoms with Crippen LogP contribution >= 0.6 is 11.8 Å². The summed E-state index contributed by atoms with van der Waals surface area (Å²) in [5.41, 5.74) is 12.9. The van der Waals surface area contributed by atoms with E-state index in [1.165, 1.54) is 36.0 Å². The van der Waals surface area contributed by atoms with Crippen LogP contribution in [0.25, 0.3) is 10.9 Å². The van der Waals surface area contributed by atoms with Gasteiger partial charge >= 0.3 is 24.1 Å². The third-order valence-electron chi connectivity index (χ3n) is 14.3. The number of phenols is 1. The summed E-state index contributed by atoms with van der Waals surface area (Å²) in [4.78, 5) is 197. The second-order valence-electron chi connectivity index (χ2n) is 21.9. The molecule has 0 saturated carbocycles. The number of fused-ring (bicyclic) bond motifs is 1. The van der Waals surface area contributed by atoms with Crippen LogP contribution in [0.2, 0.25) is 0 Å². The number of aromatic amines is 1. The van der Waals surface area contributed by atoms with E-state index in [9.17, 15) is 101 Å². The van der Waals surface area contributed by atoms with Crippen LogP contribution in [0.15, 0.2) is 85.1 Å². The monoisotopic (exact) mass is 1390 g/mol. The van der Waals surface area contributed by atoms with E-state index in [0.29, 0.717) is 22.0 Å². The van der Waals surface area contributed by atoms with E-state index in [-0.39, 0.29) is 49.2 Å². The average Bonchev–Trinajstić information content (AvgIpc) is 1.86. The van der Waals surface area contributed by atoms with Gasteiger partial charge in [-0.2, -0.15) is 24.9 Å². The zero-order valence-electron chi connectivity index (χ0n) is 51.9. The maximum atomic E-state index is 14.4. The summed E-state index contributed by atoms with van der Waals surface area (Å²) < 4.78 is 31.7. The molecule has 526 valence electrons. The van der Waals surface area contributed by atoms with Crippen molar-refractivity contribution in [3.8, 4) is 5.75 Å². The number of aromatic hydroxyl groups is 1. The van der Waals surface area contributed by atoms with E-state index in [2.05, 4.69) is 58.2 Å². The zero-order chi connectivity index (χ0) is 72.3. The number of aliphatic carboxylic acids is 3. The number of carboxylic acids is 3. The van der Waals surface area contributed by atoms with Gasteiger partial charge in [-0.05, 0) is 73.1 Å². The lowest BCUT2D eigenvalue weighted by Gasteiger charge is -2.27. The number of rotatable bonds is 36. The van der Waals surface area contributed by atoms with Gasteiger partial charge in [0.2, 0.25) is 70.9 Å². The molecule has 1 aliphatic heterocycles. The number of hydrogen-bond acceptors (Lipinski definition) is 18. The second-order valence-corrected chi connectivity index (χ2v) is 22.9. The first-order valence-electron chi connectivity index (χ1n) is 29.5. The Balaban J connectivity index is 0.00000270. The Bertz CT molecular complexity index is 3510. The van der Waals surface area contributed by atoms with E-state index in [0.717, 1.165) is 6.92 Å². The van der Waals surface area contributed by atoms with E-state index >= 15 is 0 Å². The Morgan fingerprint density at radius 1 is 0.608 bits per heavy atom. The number of benzene rings is 3. The van der Waals surface area contributed by atoms with Crippen molar-refractivity contribution >= 4 is 111 Å². The number of halogens is 3. The number of thioether (sulfide) groups is 1. The van der Waals surface area contributed by atoms with E-state index in [4.69, 9.17) is 21.4 Å². The molecule has 97 heavy (non-hydrogen) atoms. The lowest BCUT2D eigenvalue weighted by atomic mass is 10.0. The molecule has 3 aromatic carbocycles. The third-order valence-corrected chi connectivity index (χ3v) is 15.0. The maximum Gasteiger partial charge on any atom is 0.490 e. The highest BCUT2D eigenvalue weighted by Crippen LogP contribution is 2.20. The molecular weight excluding hydrogens is 1310 g/mol. The number of para-hydroxylation sites is 1. The number of alkyl halides is 3. The van der Waals surface area contributed by atoms with Gasteiger partial charge in [-0.15, -0.1) is 0 Å². The van der Waals surface area contributed by atoms with Gasteiger partial charge < -0.3 is 95.2 Å². The standard InChI is InChI=1S/C58H73N13O18S.C2HF3O2/c1-29(72)49(71-57(88)40(23-31-12-14-33(73)15-13-31)68-56(87)43(26-48(79)80)69-52(83)37(16-18-44(59)74)65-51(82)36-17-19-45(75)63-36)58(89)62-28-46(76)64-41(24-32-27-61-35-11-7-6-10-34(32)35)54(85)66-38(20-21-90-2)53(84)70-42(25-47(77)78)55(86)67-39(50(60)81)22-30-8-4-3-5-9-30;3-2(4,5)1(6)7/h3-15,27,29,36-43,49,61,72-73H,16-26,28H2,1-2H3,(H2,59,74)(H2,60,81)(H,62,89)(H,63,75)(H,64,76)(H,65,82)(H,66,85)(H,67,86)(H,68,87)(H,69,83)(H,70,84)(H,71,88)(H,77,78)(H,79,80);(H,6,7)/t29-,36+,37+,38+,39+,40+,41+,42+,43+,49+;/m1./s1. The minimum Gasteiger partial charge on any atom is -0.508 e. The van der Waals surface area contributed by atoms with Crippen molar-refractivity contribution in [3.05, 3.63) is 102 Å². The van der Waals surface area contributed by atoms with Gasteiger partial charge in [0.25, 0.3) is 0 Å². The van der Waals surface area contributed by atoms with Crippen LogP contribution in [0.1, 0.15) is 68.6 Å². The van der Waals surface area contributed by atoms with Crippen LogP contribution in [0.4, 0.5) is 13.2 Å². The van der Waals surface area contributed by atoms with Gasteiger partial charge in [0.05, 0.1) is 25.5 Å². The quantitative estimate of drug-likeness (QED) is 0.0211. The number of primary amides is 2. The molecule has 33 nitrogen and oxygen atoms in total. The van der Waals surface area contributed by atoms with Crippen molar-refractivity contribution in [3.63, 3.8) is 0 Å². The highest BCUT2D eigenvalue weighted by Gasteiger charge is 2.39. The molecule has 5 rings (SSSR count). The molecule has 0 unspecified atom stereocenters. The number of nitrogens with two attached hydrogens (primary N) is 2. The first-order valence-corrected chi connectivity index (χ1v) is 30.9. The van der Waals surface area contributed by atoms with Crippen molar-refractivity contribution in [2.24, 2.45) is 11.5 Å². The molecule has 1 aromatic heterocycles. The Morgan fingerprint density at radius 2 is 1.09 bits per heavy atom. The summed E-state index contributed by atoms with van der Waals surface area (Å²) in [6.07, 6.45) is -7.22. The molecular formula is C60H74F3N13O20S. The Hall–Kier alpha value is -10.9. The summed E-state index contributed by atoms with van der Waals surface area (Å²) in [6, 6.07) is 6.22. The molecule has 2 heterocycles. The summed E-state index contributed by atoms with van der Waals surface area (Å²) in [7, 11) is 0. The smallest absolute Gasteiger partial charge is 0.490 e. The molecule has 0 aliphatic carbocycles. The minimum atomic E-state index is -5.08. The number of aromatic nitrogens is 1. The van der Waals surface area contributed by atoms with Gasteiger partial charge in [-0.25, -0.2) is 4.79 Å². The summed E-state index contributed by atoms with van der Waals surface area (Å²) in [6.45, 7) is 0.172. The summed E-state index contributed by atoms with van der Waals surface area (Å²) in [5.74, 6) is -17.8. The van der Waals surface area contributed by atoms with Crippen LogP contribution in [-0.2, 0) is 91.2 Å². The number of carbonyl (C=O) groups excluding carboxylic acids is 12. The number of carboxylic acid groups (broad SMARTS) is 3. The predicted molar refractivity (Wildman–Crippen MR) is 334 cm³/mol. The van der Waals surface area contributed by atoms with Crippen LogP contribution in [0, 0.1) is 0 Å². The number of amides is 12. The number of hydrogen-bond donors (Lipinski definition) is 18. The van der Waals surface area contributed by atoms with E-state index in [1.807, 2.05) is 0 Å². The number of nitrogens with one attached hydrogen (secondary N) is 11. The first kappa shape index (κ1) is 78.6. The zero-order valence-corrected chi connectivity index (χ0v) is 52.7. The van der Waals surface area contributed by atoms with Gasteiger partial charge in [0, 0.05) is 49.2 Å². The highest BCUT2D eigenvalue weighted by atomic mass is 32.2. The molecule has 0 spiro atoms. The number of aliphatic hydroxyl groups excluding tert-OH is 1. The van der Waals surface area contributed by atoms with Gasteiger partial charge in [0.1, 0.15) is 60.1 Å². The Labute approximate surface area is 553 Å². The molecule has 0 bridgehead atoms. The van der Waals surface area contributed by atoms with Crippen LogP contribution < -0.4 is 64.6 Å². The van der Waals surface area contributed by atoms with Crippen LogP contribution in [0.3, 0.4) is 0 Å². The molecule has 1 aliphatic rings. The number of carbonyl (C=O) groups is 15. The molecule has 1 saturated heterocycles. The minimum absolute atomic E-state index is 0.00683. The predicted octanol–water partition coefficient (Wildman–Crippen LogP) is -3.36. The van der Waals surface area contributed by atoms with Crippen LogP contribution in [-0.4, -0.2) is 205 Å². The van der Waals surface area contributed by atoms with Crippen molar-refractivity contribution in [1.29, 1.82) is 0 Å². The average molecular weight is 1390 g/mol. The van der Waals surface area contributed by atoms with Crippen molar-refractivity contribution in [2.45, 2.75) is 138 Å². The molecule has 12 amide bonds. The number of aliphatic hydroxyl groups is 1. The summed E-state index contributed by atoms with van der Waals surface area (Å²) >= 11 is 1.28. The fourth-order valence-corrected chi connectivity index (χ4v) is 9.80. The topological polar surface area (TPSA) is 545 Å². The molecule has 10 atom stereocenters. The molecule has 37 heteroatoms. The van der Waals surface area contributed by atoms with Gasteiger partial charge in [-0.3, -0.25) is 67.1 Å². The van der Waals surface area contributed by atoms with Crippen molar-refractivity contribution in [2.75, 3.05) is 18.6 Å². The normalized spacial score (nSPS) is 15.3. The van der Waals surface area contributed by atoms with E-state index < -0.39 is 194 Å². The third kappa shape index (κ3) is 26.8. The molecule has 0 radical (unpaired) electrons. The number of phenolic OH excluding ortho intramolecular Hbond substituents is 1. The first-order chi connectivity index (χ1) is 45.6. The lowest BCUT2D eigenvalue weighted by molar-refractivity contribution is -0.192. The largest absolute Gasteiger partial charge is 0.508 e. The lowest BCUT2D eigenvalue weighted by Crippen LogP contribution is -2.61. The Kier molecular flexibility index (Phi) is 30.7. The second kappa shape index (κ2) is 37.9. The number of H-pyrrole nitrogens is 1. The molecule has 1 fully saturated rings. The summed E-state index contributed by atoms with van der Waals surface area (Å²) in [5, 5.41) is 71.9. The molecule has 4 aromatic rings. The fourth-order valence-electron chi connectivity index (χ4n) is 9.33. The van der Waals surface area contributed by atoms with Gasteiger partial charge in [-0.1, -0.05) is 60.7 Å². The Morgan fingerprint density at radius 3 is 1.62 bits per heavy atom. The van der Waals surface area contributed by atoms with Crippen molar-refractivity contribution < 1.29 is 111 Å². The SMILES string of the molecule is CSCC[C@H](NC(=O)[C@H](Cc1c[nH]c2ccccc12)NC(=O)CNC(=O)[C@@H](NC(=O)[C@H](Cc1ccc(O)cc1)NC(=O)[C@H](CC(=O)O)NC(=O)[C@H](CCC(N)=O)NC(=O)[C@@H]1CCC(=O)N1)[C@@H](C)O)C(=O)N[C@@H](CC(=O)O)C(=O)N[C@@H](Cc1ccccc1)C(N)=O.O=C(O)C(F)(F)F. The maximum absolute atomic E-state index is 14.4. The molecule has 20 N–H and O–H groups in total. The van der Waals surface area contributed by atoms with Gasteiger partial charge in [0.15, 0.2) is 0 Å². The van der Waals surface area contributed by atoms with Crippen molar-refractivity contribution in [1.82, 2.24) is 58.2 Å².